The molecule has 6 nitrogen and oxygen atoms in total. The van der Waals surface area contributed by atoms with Crippen molar-refractivity contribution in [2.45, 2.75) is 39.2 Å². The number of aryl methyl sites for hydroxylation is 1. The van der Waals surface area contributed by atoms with Crippen LogP contribution in [0.5, 0.6) is 0 Å². The third kappa shape index (κ3) is 5.02. The number of hydrogen-bond donors (Lipinski definition) is 1. The maximum Gasteiger partial charge on any atom is 0.340 e. The lowest BCUT2D eigenvalue weighted by molar-refractivity contribution is -0.125. The Morgan fingerprint density at radius 1 is 1.14 bits per heavy atom. The van der Waals surface area contributed by atoms with Crippen LogP contribution in [0.1, 0.15) is 53.7 Å². The average molecular weight is 394 g/mol. The van der Waals surface area contributed by atoms with Crippen molar-refractivity contribution in [3.63, 3.8) is 0 Å². The van der Waals surface area contributed by atoms with Gasteiger partial charge in [-0.1, -0.05) is 48.9 Å². The number of para-hydroxylation sites is 1. The maximum absolute atomic E-state index is 12.6. The highest BCUT2D eigenvalue weighted by atomic mass is 16.5. The van der Waals surface area contributed by atoms with Gasteiger partial charge in [0.1, 0.15) is 0 Å². The molecule has 2 aromatic rings. The number of carbonyl (C=O) groups is 3. The molecule has 0 radical (unpaired) electrons. The molecule has 3 rings (SSSR count). The van der Waals surface area contributed by atoms with Crippen molar-refractivity contribution in [2.24, 2.45) is 0 Å². The fourth-order valence-corrected chi connectivity index (χ4v) is 3.45. The van der Waals surface area contributed by atoms with E-state index in [0.717, 1.165) is 24.0 Å². The van der Waals surface area contributed by atoms with Gasteiger partial charge >= 0.3 is 5.97 Å². The summed E-state index contributed by atoms with van der Waals surface area (Å²) in [5.41, 5.74) is 2.99. The summed E-state index contributed by atoms with van der Waals surface area (Å²) in [6.07, 6.45) is 1.97. The van der Waals surface area contributed by atoms with E-state index in [1.807, 2.05) is 38.1 Å². The molecule has 152 valence electrons. The van der Waals surface area contributed by atoms with Crippen LogP contribution in [0, 0.1) is 6.92 Å². The van der Waals surface area contributed by atoms with Crippen molar-refractivity contribution < 1.29 is 19.1 Å². The number of nitrogens with zero attached hydrogens (tertiary/aromatic N) is 1. The van der Waals surface area contributed by atoms with Gasteiger partial charge in [0.15, 0.2) is 6.61 Å². The fraction of sp³-hybridized carbons (Fsp3) is 0.348. The van der Waals surface area contributed by atoms with Gasteiger partial charge in [-0.15, -0.1) is 0 Å². The van der Waals surface area contributed by atoms with E-state index in [2.05, 4.69) is 5.32 Å². The highest BCUT2D eigenvalue weighted by Gasteiger charge is 2.26. The summed E-state index contributed by atoms with van der Waals surface area (Å²) in [6.45, 7) is 4.21. The van der Waals surface area contributed by atoms with Crippen molar-refractivity contribution in [3.8, 4) is 0 Å². The summed E-state index contributed by atoms with van der Waals surface area (Å²) in [4.78, 5) is 38.5. The summed E-state index contributed by atoms with van der Waals surface area (Å²) in [7, 11) is 0. The smallest absolute Gasteiger partial charge is 0.340 e. The Bertz CT molecular complexity index is 892. The Morgan fingerprint density at radius 3 is 2.52 bits per heavy atom. The van der Waals surface area contributed by atoms with E-state index >= 15 is 0 Å². The van der Waals surface area contributed by atoms with Crippen molar-refractivity contribution in [3.05, 3.63) is 65.2 Å². The molecule has 1 heterocycles. The molecule has 6 heteroatoms. The Balaban J connectivity index is 1.61. The van der Waals surface area contributed by atoms with Gasteiger partial charge in [0.2, 0.25) is 5.91 Å². The first-order chi connectivity index (χ1) is 14.0. The molecule has 0 spiro atoms. The minimum Gasteiger partial charge on any atom is -0.452 e. The molecule has 0 aromatic heterocycles. The van der Waals surface area contributed by atoms with Gasteiger partial charge in [0.25, 0.3) is 5.91 Å². The second-order valence-electron chi connectivity index (χ2n) is 7.18. The van der Waals surface area contributed by atoms with E-state index in [1.165, 1.54) is 0 Å². The summed E-state index contributed by atoms with van der Waals surface area (Å²) in [6, 6.07) is 14.7. The Hall–Kier alpha value is -3.15. The lowest BCUT2D eigenvalue weighted by Crippen LogP contribution is -2.32. The molecule has 1 N–H and O–H groups in total. The fourth-order valence-electron chi connectivity index (χ4n) is 3.45. The van der Waals surface area contributed by atoms with E-state index < -0.39 is 5.97 Å². The molecule has 1 saturated heterocycles. The molecule has 1 atom stereocenters. The third-order valence-electron chi connectivity index (χ3n) is 5.05. The van der Waals surface area contributed by atoms with E-state index in [9.17, 15) is 14.4 Å². The number of benzene rings is 2. The topological polar surface area (TPSA) is 75.7 Å². The number of rotatable bonds is 7. The van der Waals surface area contributed by atoms with Crippen LogP contribution in [0.15, 0.2) is 48.5 Å². The van der Waals surface area contributed by atoms with E-state index in [4.69, 9.17) is 4.74 Å². The Labute approximate surface area is 170 Å². The molecule has 1 aliphatic heterocycles. The zero-order chi connectivity index (χ0) is 20.8. The van der Waals surface area contributed by atoms with Gasteiger partial charge in [0.05, 0.1) is 17.3 Å². The number of ether oxygens (including phenoxy) is 1. The Morgan fingerprint density at radius 2 is 1.86 bits per heavy atom. The lowest BCUT2D eigenvalue weighted by Gasteiger charge is -2.19. The van der Waals surface area contributed by atoms with Crippen molar-refractivity contribution in [1.29, 1.82) is 0 Å². The first-order valence-electron chi connectivity index (χ1n) is 9.92. The molecule has 29 heavy (non-hydrogen) atoms. The lowest BCUT2D eigenvalue weighted by atomic mass is 10.0. The summed E-state index contributed by atoms with van der Waals surface area (Å²) < 4.78 is 5.24. The number of esters is 1. The van der Waals surface area contributed by atoms with E-state index in [0.29, 0.717) is 24.2 Å². The molecule has 1 aliphatic rings. The van der Waals surface area contributed by atoms with Crippen LogP contribution in [-0.4, -0.2) is 30.9 Å². The van der Waals surface area contributed by atoms with Crippen molar-refractivity contribution >= 4 is 23.5 Å². The standard InChI is InChI=1S/C23H26N2O4/c1-3-19(17-12-10-16(2)11-13-17)24-21(26)15-29-23(28)18-7-4-5-8-20(18)25-14-6-9-22(25)27/h4-5,7-8,10-13,19H,3,6,9,14-15H2,1-2H3,(H,24,26)/t19-/m1/s1. The van der Waals surface area contributed by atoms with E-state index in [1.54, 1.807) is 29.2 Å². The molecule has 2 amide bonds. The SMILES string of the molecule is CC[C@@H](NC(=O)COC(=O)c1ccccc1N1CCCC1=O)c1ccc(C)cc1. The van der Waals surface area contributed by atoms with Crippen LogP contribution >= 0.6 is 0 Å². The highest BCUT2D eigenvalue weighted by Crippen LogP contribution is 2.26. The zero-order valence-corrected chi connectivity index (χ0v) is 16.8. The second kappa shape index (κ2) is 9.37. The monoisotopic (exact) mass is 394 g/mol. The molecular weight excluding hydrogens is 368 g/mol. The van der Waals surface area contributed by atoms with Crippen LogP contribution in [0.25, 0.3) is 0 Å². The summed E-state index contributed by atoms with van der Waals surface area (Å²) in [5, 5.41) is 2.91. The molecule has 0 saturated carbocycles. The number of nitrogens with one attached hydrogen (secondary N) is 1. The average Bonchev–Trinajstić information content (AvgIpc) is 3.16. The predicted molar refractivity (Wildman–Crippen MR) is 111 cm³/mol. The zero-order valence-electron chi connectivity index (χ0n) is 16.8. The normalized spacial score (nSPS) is 14.6. The van der Waals surface area contributed by atoms with Gasteiger partial charge in [-0.05, 0) is 37.5 Å². The highest BCUT2D eigenvalue weighted by molar-refractivity contribution is 6.03. The quantitative estimate of drug-likeness (QED) is 0.729. The van der Waals surface area contributed by atoms with Gasteiger partial charge in [-0.3, -0.25) is 9.59 Å². The number of anilines is 1. The van der Waals surface area contributed by atoms with Gasteiger partial charge in [0, 0.05) is 13.0 Å². The van der Waals surface area contributed by atoms with E-state index in [-0.39, 0.29) is 24.5 Å². The molecule has 2 aromatic carbocycles. The van der Waals surface area contributed by atoms with Crippen LogP contribution < -0.4 is 10.2 Å². The van der Waals surface area contributed by atoms with Crippen LogP contribution in [0.3, 0.4) is 0 Å². The maximum atomic E-state index is 12.6. The molecular formula is C23H26N2O4. The van der Waals surface area contributed by atoms with Crippen LogP contribution in [-0.2, 0) is 14.3 Å². The van der Waals surface area contributed by atoms with Gasteiger partial charge < -0.3 is 15.0 Å². The number of hydrogen-bond acceptors (Lipinski definition) is 4. The first-order valence-corrected chi connectivity index (χ1v) is 9.92. The van der Waals surface area contributed by atoms with Crippen molar-refractivity contribution in [2.75, 3.05) is 18.1 Å². The first kappa shape index (κ1) is 20.6. The minimum absolute atomic E-state index is 0.00752. The Kier molecular flexibility index (Phi) is 6.65. The molecule has 0 aliphatic carbocycles. The second-order valence-corrected chi connectivity index (χ2v) is 7.18. The van der Waals surface area contributed by atoms with Gasteiger partial charge in [-0.2, -0.15) is 0 Å². The van der Waals surface area contributed by atoms with Crippen molar-refractivity contribution in [1.82, 2.24) is 5.32 Å². The predicted octanol–water partition coefficient (Wildman–Crippen LogP) is 3.55. The van der Waals surface area contributed by atoms with Crippen LogP contribution in [0.4, 0.5) is 5.69 Å². The largest absolute Gasteiger partial charge is 0.452 e. The molecule has 1 fully saturated rings. The minimum atomic E-state index is -0.612. The molecule has 0 unspecified atom stereocenters. The van der Waals surface area contributed by atoms with Crippen LogP contribution in [0.2, 0.25) is 0 Å². The third-order valence-corrected chi connectivity index (χ3v) is 5.05. The van der Waals surface area contributed by atoms with Gasteiger partial charge in [-0.25, -0.2) is 4.79 Å². The molecule has 0 bridgehead atoms. The number of carbonyl (C=O) groups excluding carboxylic acids is 3. The summed E-state index contributed by atoms with van der Waals surface area (Å²) >= 11 is 0. The number of amides is 2. The summed E-state index contributed by atoms with van der Waals surface area (Å²) in [5.74, 6) is -0.980.